The number of anilines is 3. The Morgan fingerprint density at radius 2 is 1.70 bits per heavy atom. The number of hydrogen-bond donors (Lipinski definition) is 2. The Morgan fingerprint density at radius 1 is 0.967 bits per heavy atom. The summed E-state index contributed by atoms with van der Waals surface area (Å²) < 4.78 is 0. The predicted octanol–water partition coefficient (Wildman–Crippen LogP) is 3.41. The second-order valence-electron chi connectivity index (χ2n) is 6.56. The largest absolute Gasteiger partial charge is 0.324 e. The third-order valence-electron chi connectivity index (χ3n) is 4.46. The minimum atomic E-state index is -0.317. The van der Waals surface area contributed by atoms with E-state index >= 15 is 0 Å². The van der Waals surface area contributed by atoms with Crippen molar-refractivity contribution in [1.29, 1.82) is 0 Å². The monoisotopic (exact) mass is 418 g/mol. The molecule has 1 aliphatic rings. The van der Waals surface area contributed by atoms with Gasteiger partial charge in [-0.25, -0.2) is 0 Å². The fraction of sp³-hybridized carbons (Fsp3) is 0.0909. The molecule has 0 saturated heterocycles. The van der Waals surface area contributed by atoms with E-state index in [1.807, 2.05) is 24.3 Å². The van der Waals surface area contributed by atoms with Crippen LogP contribution < -0.4 is 15.5 Å². The van der Waals surface area contributed by atoms with Gasteiger partial charge in [0.25, 0.3) is 5.91 Å². The molecular weight excluding hydrogens is 400 g/mol. The first-order valence-corrected chi connectivity index (χ1v) is 10.2. The van der Waals surface area contributed by atoms with Crippen LogP contribution in [0.2, 0.25) is 0 Å². The molecule has 1 aromatic heterocycles. The van der Waals surface area contributed by atoms with Crippen LogP contribution in [0.1, 0.15) is 10.4 Å². The first-order chi connectivity index (χ1) is 14.6. The number of benzene rings is 2. The van der Waals surface area contributed by atoms with Crippen molar-refractivity contribution < 1.29 is 14.4 Å². The van der Waals surface area contributed by atoms with Gasteiger partial charge < -0.3 is 15.5 Å². The van der Waals surface area contributed by atoms with Gasteiger partial charge in [0.05, 0.1) is 11.4 Å². The predicted molar refractivity (Wildman–Crippen MR) is 117 cm³/mol. The highest BCUT2D eigenvalue weighted by Gasteiger charge is 2.26. The van der Waals surface area contributed by atoms with Gasteiger partial charge in [-0.3, -0.25) is 19.4 Å². The van der Waals surface area contributed by atoms with Crippen LogP contribution in [0, 0.1) is 0 Å². The molecule has 30 heavy (non-hydrogen) atoms. The van der Waals surface area contributed by atoms with Crippen LogP contribution in [-0.2, 0) is 9.59 Å². The molecule has 7 nitrogen and oxygen atoms in total. The summed E-state index contributed by atoms with van der Waals surface area (Å²) in [6.45, 7) is -0.0794. The van der Waals surface area contributed by atoms with Gasteiger partial charge in [-0.2, -0.15) is 0 Å². The lowest BCUT2D eigenvalue weighted by Crippen LogP contribution is -2.41. The van der Waals surface area contributed by atoms with Gasteiger partial charge in [0.15, 0.2) is 0 Å². The van der Waals surface area contributed by atoms with Gasteiger partial charge in [0.2, 0.25) is 11.8 Å². The summed E-state index contributed by atoms with van der Waals surface area (Å²) in [4.78, 5) is 43.6. The number of amides is 3. The van der Waals surface area contributed by atoms with E-state index in [9.17, 15) is 14.4 Å². The Hall–Kier alpha value is -3.65. The molecule has 2 N–H and O–H groups in total. The van der Waals surface area contributed by atoms with Crippen LogP contribution in [0.4, 0.5) is 17.1 Å². The zero-order valence-electron chi connectivity index (χ0n) is 15.9. The number of nitrogens with one attached hydrogen (secondary N) is 2. The smallest absolute Gasteiger partial charge is 0.255 e. The van der Waals surface area contributed by atoms with Crippen molar-refractivity contribution in [1.82, 2.24) is 4.98 Å². The third kappa shape index (κ3) is 4.49. The molecule has 0 fully saturated rings. The number of pyridine rings is 1. The van der Waals surface area contributed by atoms with Crippen molar-refractivity contribution >= 4 is 46.5 Å². The zero-order chi connectivity index (χ0) is 20.9. The second kappa shape index (κ2) is 8.79. The summed E-state index contributed by atoms with van der Waals surface area (Å²) in [5.41, 5.74) is 2.30. The highest BCUT2D eigenvalue weighted by atomic mass is 32.2. The maximum absolute atomic E-state index is 12.6. The Balaban J connectivity index is 1.42. The van der Waals surface area contributed by atoms with Gasteiger partial charge in [-0.15, -0.1) is 11.8 Å². The van der Waals surface area contributed by atoms with Crippen molar-refractivity contribution in [3.05, 3.63) is 78.6 Å². The summed E-state index contributed by atoms with van der Waals surface area (Å²) in [6.07, 6.45) is 3.09. The topological polar surface area (TPSA) is 91.4 Å². The first-order valence-electron chi connectivity index (χ1n) is 9.23. The summed E-state index contributed by atoms with van der Waals surface area (Å²) in [5, 5.41) is 5.58. The maximum Gasteiger partial charge on any atom is 0.255 e. The summed E-state index contributed by atoms with van der Waals surface area (Å²) in [6, 6.07) is 17.6. The Morgan fingerprint density at radius 3 is 2.50 bits per heavy atom. The van der Waals surface area contributed by atoms with Crippen LogP contribution >= 0.6 is 11.8 Å². The Kier molecular flexibility index (Phi) is 5.76. The summed E-state index contributed by atoms with van der Waals surface area (Å²) in [5.74, 6) is -0.385. The summed E-state index contributed by atoms with van der Waals surface area (Å²) >= 11 is 1.47. The molecule has 0 spiro atoms. The Labute approximate surface area is 177 Å². The van der Waals surface area contributed by atoms with Crippen molar-refractivity contribution in [2.45, 2.75) is 4.90 Å². The third-order valence-corrected chi connectivity index (χ3v) is 5.50. The molecule has 2 heterocycles. The van der Waals surface area contributed by atoms with E-state index in [-0.39, 0.29) is 24.3 Å². The van der Waals surface area contributed by atoms with E-state index in [0.717, 1.165) is 10.6 Å². The normalized spacial score (nSPS) is 12.8. The molecule has 0 unspecified atom stereocenters. The number of rotatable bonds is 5. The lowest BCUT2D eigenvalue weighted by molar-refractivity contribution is -0.120. The highest BCUT2D eigenvalue weighted by Crippen LogP contribution is 2.34. The average Bonchev–Trinajstić information content (AvgIpc) is 2.76. The number of fused-ring (bicyclic) bond motifs is 1. The molecule has 1 aliphatic heterocycles. The quantitative estimate of drug-likeness (QED) is 0.663. The zero-order valence-corrected chi connectivity index (χ0v) is 16.7. The second-order valence-corrected chi connectivity index (χ2v) is 7.57. The standard InChI is InChI=1S/C22H18N4O3S/c27-20(13-26-18-6-1-2-7-19(18)30-14-21(26)28)24-16-4-3-5-17(12-16)25-22(29)15-8-10-23-11-9-15/h1-12H,13-14H2,(H,24,27)(H,25,29). The molecule has 150 valence electrons. The van der Waals surface area contributed by atoms with Crippen LogP contribution in [-0.4, -0.2) is 35.0 Å². The van der Waals surface area contributed by atoms with Crippen molar-refractivity contribution in [2.24, 2.45) is 0 Å². The number of hydrogen-bond acceptors (Lipinski definition) is 5. The number of aromatic nitrogens is 1. The number of carbonyl (C=O) groups is 3. The number of thioether (sulfide) groups is 1. The molecule has 3 amide bonds. The lowest BCUT2D eigenvalue weighted by Gasteiger charge is -2.28. The SMILES string of the molecule is O=C(CN1C(=O)CSc2ccccc21)Nc1cccc(NC(=O)c2ccncc2)c1. The molecule has 4 rings (SSSR count). The van der Waals surface area contributed by atoms with Crippen molar-refractivity contribution in [3.63, 3.8) is 0 Å². The molecule has 3 aromatic rings. The minimum absolute atomic E-state index is 0.0794. The number of carbonyl (C=O) groups excluding carboxylic acids is 3. The molecule has 0 aliphatic carbocycles. The van der Waals surface area contributed by atoms with Crippen LogP contribution in [0.15, 0.2) is 78.0 Å². The van der Waals surface area contributed by atoms with Crippen LogP contribution in [0.25, 0.3) is 0 Å². The first kappa shape index (κ1) is 19.7. The molecule has 0 saturated carbocycles. The van der Waals surface area contributed by atoms with E-state index in [1.165, 1.54) is 16.7 Å². The van der Waals surface area contributed by atoms with Gasteiger partial charge >= 0.3 is 0 Å². The molecule has 2 aromatic carbocycles. The Bertz CT molecular complexity index is 1100. The van der Waals surface area contributed by atoms with E-state index in [4.69, 9.17) is 0 Å². The molecule has 0 atom stereocenters. The lowest BCUT2D eigenvalue weighted by atomic mass is 10.2. The van der Waals surface area contributed by atoms with E-state index in [1.54, 1.807) is 48.8 Å². The van der Waals surface area contributed by atoms with Crippen LogP contribution in [0.3, 0.4) is 0 Å². The fourth-order valence-electron chi connectivity index (χ4n) is 3.05. The van der Waals surface area contributed by atoms with Crippen molar-refractivity contribution in [3.8, 4) is 0 Å². The molecule has 0 bridgehead atoms. The molecule has 0 radical (unpaired) electrons. The fourth-order valence-corrected chi connectivity index (χ4v) is 3.99. The average molecular weight is 418 g/mol. The van der Waals surface area contributed by atoms with Gasteiger partial charge in [0, 0.05) is 34.2 Å². The highest BCUT2D eigenvalue weighted by molar-refractivity contribution is 8.00. The minimum Gasteiger partial charge on any atom is -0.324 e. The van der Waals surface area contributed by atoms with E-state index < -0.39 is 0 Å². The number of para-hydroxylation sites is 1. The van der Waals surface area contributed by atoms with Crippen LogP contribution in [0.5, 0.6) is 0 Å². The van der Waals surface area contributed by atoms with Gasteiger partial charge in [-0.1, -0.05) is 18.2 Å². The van der Waals surface area contributed by atoms with Crippen molar-refractivity contribution in [2.75, 3.05) is 27.8 Å². The van der Waals surface area contributed by atoms with E-state index in [0.29, 0.717) is 22.7 Å². The van der Waals surface area contributed by atoms with E-state index in [2.05, 4.69) is 15.6 Å². The van der Waals surface area contributed by atoms with Gasteiger partial charge in [0.1, 0.15) is 6.54 Å². The summed E-state index contributed by atoms with van der Waals surface area (Å²) in [7, 11) is 0. The molecular formula is C22H18N4O3S. The molecule has 8 heteroatoms. The van der Waals surface area contributed by atoms with Gasteiger partial charge in [-0.05, 0) is 42.5 Å². The maximum atomic E-state index is 12.6. The number of nitrogens with zero attached hydrogens (tertiary/aromatic N) is 2.